The number of hydrogen-bond acceptors (Lipinski definition) is 4. The monoisotopic (exact) mass is 357 g/mol. The zero-order valence-corrected chi connectivity index (χ0v) is 13.0. The standard InChI is InChI=1S/C16H14F3NO5/c1-9-13(15(22)23)6-12(25-9)7-20-14(21)8-24-11-4-2-3-10(5-11)16(17,18)19/h2-6H,7-8H2,1H3,(H,20,21)(H,22,23). The molecule has 0 radical (unpaired) electrons. The van der Waals surface area contributed by atoms with Crippen molar-refractivity contribution in [2.75, 3.05) is 6.61 Å². The van der Waals surface area contributed by atoms with Crippen molar-refractivity contribution in [3.05, 3.63) is 53.0 Å². The minimum Gasteiger partial charge on any atom is -0.484 e. The lowest BCUT2D eigenvalue weighted by atomic mass is 10.2. The molecule has 0 saturated heterocycles. The molecule has 1 aromatic carbocycles. The average Bonchev–Trinajstić information content (AvgIpc) is 2.91. The van der Waals surface area contributed by atoms with Gasteiger partial charge in [0.1, 0.15) is 22.8 Å². The van der Waals surface area contributed by atoms with Crippen molar-refractivity contribution < 1.29 is 37.0 Å². The summed E-state index contributed by atoms with van der Waals surface area (Å²) in [6, 6.07) is 5.45. The quantitative estimate of drug-likeness (QED) is 0.830. The van der Waals surface area contributed by atoms with Crippen LogP contribution in [0.3, 0.4) is 0 Å². The van der Waals surface area contributed by atoms with Crippen LogP contribution in [-0.4, -0.2) is 23.6 Å². The maximum Gasteiger partial charge on any atom is 0.416 e. The number of halogens is 3. The molecule has 1 heterocycles. The fraction of sp³-hybridized carbons (Fsp3) is 0.250. The Morgan fingerprint density at radius 2 is 2.00 bits per heavy atom. The molecule has 0 aliphatic rings. The number of carbonyl (C=O) groups excluding carboxylic acids is 1. The first kappa shape index (κ1) is 18.4. The first-order valence-corrected chi connectivity index (χ1v) is 7.06. The summed E-state index contributed by atoms with van der Waals surface area (Å²) in [6.45, 7) is 0.914. The lowest BCUT2D eigenvalue weighted by molar-refractivity contribution is -0.137. The van der Waals surface area contributed by atoms with Crippen molar-refractivity contribution in [2.45, 2.75) is 19.6 Å². The topological polar surface area (TPSA) is 88.8 Å². The molecule has 0 aliphatic carbocycles. The normalized spacial score (nSPS) is 11.2. The summed E-state index contributed by atoms with van der Waals surface area (Å²) in [5, 5.41) is 11.3. The Kier molecular flexibility index (Phi) is 5.35. The van der Waals surface area contributed by atoms with Gasteiger partial charge in [0.2, 0.25) is 0 Å². The highest BCUT2D eigenvalue weighted by molar-refractivity contribution is 5.88. The second-order valence-corrected chi connectivity index (χ2v) is 5.08. The molecule has 1 aromatic heterocycles. The number of amides is 1. The lowest BCUT2D eigenvalue weighted by Gasteiger charge is -2.10. The largest absolute Gasteiger partial charge is 0.484 e. The number of carbonyl (C=O) groups is 2. The number of aryl methyl sites for hydroxylation is 1. The van der Waals surface area contributed by atoms with Crippen LogP contribution in [0.2, 0.25) is 0 Å². The SMILES string of the molecule is Cc1oc(CNC(=O)COc2cccc(C(F)(F)F)c2)cc1C(=O)O. The van der Waals surface area contributed by atoms with E-state index in [0.717, 1.165) is 12.1 Å². The number of carboxylic acid groups (broad SMARTS) is 1. The zero-order chi connectivity index (χ0) is 18.6. The van der Waals surface area contributed by atoms with Gasteiger partial charge in [-0.25, -0.2) is 4.79 Å². The van der Waals surface area contributed by atoms with Gasteiger partial charge in [0.15, 0.2) is 6.61 Å². The van der Waals surface area contributed by atoms with E-state index < -0.39 is 30.2 Å². The fourth-order valence-corrected chi connectivity index (χ4v) is 1.99. The van der Waals surface area contributed by atoms with Crippen LogP contribution in [0.5, 0.6) is 5.75 Å². The molecule has 2 rings (SSSR count). The molecular weight excluding hydrogens is 343 g/mol. The molecule has 0 spiro atoms. The van der Waals surface area contributed by atoms with Crippen molar-refractivity contribution >= 4 is 11.9 Å². The summed E-state index contributed by atoms with van der Waals surface area (Å²) in [5.74, 6) is -1.39. The molecule has 25 heavy (non-hydrogen) atoms. The van der Waals surface area contributed by atoms with E-state index in [1.54, 1.807) is 0 Å². The van der Waals surface area contributed by atoms with Gasteiger partial charge in [-0.3, -0.25) is 4.79 Å². The molecule has 0 aliphatic heterocycles. The van der Waals surface area contributed by atoms with Crippen molar-refractivity contribution in [1.82, 2.24) is 5.32 Å². The third-order valence-electron chi connectivity index (χ3n) is 3.19. The summed E-state index contributed by atoms with van der Waals surface area (Å²) in [6.07, 6.45) is -4.50. The maximum atomic E-state index is 12.6. The smallest absolute Gasteiger partial charge is 0.416 e. The number of aromatic carboxylic acids is 1. The van der Waals surface area contributed by atoms with Crippen molar-refractivity contribution in [3.63, 3.8) is 0 Å². The van der Waals surface area contributed by atoms with Gasteiger partial charge in [0.25, 0.3) is 5.91 Å². The van der Waals surface area contributed by atoms with E-state index >= 15 is 0 Å². The second-order valence-electron chi connectivity index (χ2n) is 5.08. The lowest BCUT2D eigenvalue weighted by Crippen LogP contribution is -2.28. The number of nitrogens with one attached hydrogen (secondary N) is 1. The molecule has 1 amide bonds. The van der Waals surface area contributed by atoms with Gasteiger partial charge in [0, 0.05) is 0 Å². The third-order valence-corrected chi connectivity index (χ3v) is 3.19. The Labute approximate surface area is 140 Å². The number of benzene rings is 1. The molecule has 0 unspecified atom stereocenters. The number of furan rings is 1. The van der Waals surface area contributed by atoms with Gasteiger partial charge in [-0.15, -0.1) is 0 Å². The number of carboxylic acids is 1. The van der Waals surface area contributed by atoms with Crippen LogP contribution < -0.4 is 10.1 Å². The number of alkyl halides is 3. The Bertz CT molecular complexity index is 782. The minimum absolute atomic E-state index is 0.00975. The van der Waals surface area contributed by atoms with Crippen LogP contribution in [0.15, 0.2) is 34.7 Å². The maximum absolute atomic E-state index is 12.6. The summed E-state index contributed by atoms with van der Waals surface area (Å²) >= 11 is 0. The first-order chi connectivity index (χ1) is 11.7. The molecular formula is C16H14F3NO5. The Hall–Kier alpha value is -2.97. The third kappa shape index (κ3) is 5.00. The average molecular weight is 357 g/mol. The number of hydrogen-bond donors (Lipinski definition) is 2. The van der Waals surface area contributed by atoms with Gasteiger partial charge in [-0.05, 0) is 31.2 Å². The van der Waals surface area contributed by atoms with E-state index in [4.69, 9.17) is 14.3 Å². The molecule has 2 N–H and O–H groups in total. The van der Waals surface area contributed by atoms with Crippen molar-refractivity contribution in [3.8, 4) is 5.75 Å². The number of rotatable bonds is 6. The van der Waals surface area contributed by atoms with Gasteiger partial charge >= 0.3 is 12.1 Å². The Morgan fingerprint density at radius 1 is 1.28 bits per heavy atom. The van der Waals surface area contributed by atoms with Crippen LogP contribution in [0.4, 0.5) is 13.2 Å². The van der Waals surface area contributed by atoms with Gasteiger partial charge in [-0.1, -0.05) is 6.07 Å². The predicted molar refractivity (Wildman–Crippen MR) is 79.2 cm³/mol. The molecule has 6 nitrogen and oxygen atoms in total. The first-order valence-electron chi connectivity index (χ1n) is 7.06. The van der Waals surface area contributed by atoms with Gasteiger partial charge in [0.05, 0.1) is 12.1 Å². The molecule has 0 atom stereocenters. The Balaban J connectivity index is 1.87. The summed E-state index contributed by atoms with van der Waals surface area (Å²) < 4.78 is 47.9. The number of ether oxygens (including phenoxy) is 1. The van der Waals surface area contributed by atoms with Crippen LogP contribution in [-0.2, 0) is 17.5 Å². The van der Waals surface area contributed by atoms with Crippen LogP contribution in [0, 0.1) is 6.92 Å². The van der Waals surface area contributed by atoms with E-state index in [-0.39, 0.29) is 29.4 Å². The van der Waals surface area contributed by atoms with Crippen LogP contribution in [0.25, 0.3) is 0 Å². The minimum atomic E-state index is -4.50. The van der Waals surface area contributed by atoms with Crippen molar-refractivity contribution in [1.29, 1.82) is 0 Å². The van der Waals surface area contributed by atoms with E-state index in [1.165, 1.54) is 25.1 Å². The fourth-order valence-electron chi connectivity index (χ4n) is 1.99. The van der Waals surface area contributed by atoms with E-state index in [0.29, 0.717) is 0 Å². The van der Waals surface area contributed by atoms with Crippen LogP contribution >= 0.6 is 0 Å². The molecule has 134 valence electrons. The van der Waals surface area contributed by atoms with Gasteiger partial charge < -0.3 is 19.6 Å². The van der Waals surface area contributed by atoms with Crippen molar-refractivity contribution in [2.24, 2.45) is 0 Å². The molecule has 0 fully saturated rings. The molecule has 2 aromatic rings. The molecule has 0 bridgehead atoms. The summed E-state index contributed by atoms with van der Waals surface area (Å²) in [5.41, 5.74) is -0.887. The zero-order valence-electron chi connectivity index (χ0n) is 13.0. The Morgan fingerprint density at radius 3 is 2.60 bits per heavy atom. The predicted octanol–water partition coefficient (Wildman–Crippen LogP) is 3.00. The highest BCUT2D eigenvalue weighted by atomic mass is 19.4. The van der Waals surface area contributed by atoms with E-state index in [1.807, 2.05) is 0 Å². The van der Waals surface area contributed by atoms with Gasteiger partial charge in [-0.2, -0.15) is 13.2 Å². The van der Waals surface area contributed by atoms with E-state index in [2.05, 4.69) is 5.32 Å². The summed E-state index contributed by atoms with van der Waals surface area (Å²) in [4.78, 5) is 22.6. The van der Waals surface area contributed by atoms with E-state index in [9.17, 15) is 22.8 Å². The molecule has 0 saturated carbocycles. The summed E-state index contributed by atoms with van der Waals surface area (Å²) in [7, 11) is 0. The highest BCUT2D eigenvalue weighted by Crippen LogP contribution is 2.31. The van der Waals surface area contributed by atoms with Crippen LogP contribution in [0.1, 0.15) is 27.4 Å². The highest BCUT2D eigenvalue weighted by Gasteiger charge is 2.30. The molecule has 9 heteroatoms. The second kappa shape index (κ2) is 7.29.